The Balaban J connectivity index is 1.60. The van der Waals surface area contributed by atoms with Crippen LogP contribution in [0.15, 0.2) is 4.42 Å². The van der Waals surface area contributed by atoms with Gasteiger partial charge in [0, 0.05) is 32.7 Å². The number of nitrogens with zero attached hydrogens (tertiary/aromatic N) is 3. The molecule has 1 saturated carbocycles. The SMILES string of the molecule is Cc1nnc([C@@]23CCO[C@@H]2CCN(C2CCCCC2)C3)o1. The molecule has 4 rings (SSSR count). The number of aryl methyl sites for hydroxylation is 1. The molecule has 116 valence electrons. The molecule has 21 heavy (non-hydrogen) atoms. The Hall–Kier alpha value is -0.940. The monoisotopic (exact) mass is 291 g/mol. The van der Waals surface area contributed by atoms with Gasteiger partial charge in [-0.1, -0.05) is 19.3 Å². The predicted molar refractivity (Wildman–Crippen MR) is 78.1 cm³/mol. The van der Waals surface area contributed by atoms with Crippen molar-refractivity contribution in [3.05, 3.63) is 11.8 Å². The molecule has 3 fully saturated rings. The second kappa shape index (κ2) is 5.36. The van der Waals surface area contributed by atoms with E-state index < -0.39 is 0 Å². The summed E-state index contributed by atoms with van der Waals surface area (Å²) < 4.78 is 11.8. The molecule has 3 heterocycles. The molecule has 5 heteroatoms. The van der Waals surface area contributed by atoms with Gasteiger partial charge >= 0.3 is 0 Å². The molecule has 0 spiro atoms. The third-order valence-electron chi connectivity index (χ3n) is 5.69. The van der Waals surface area contributed by atoms with Gasteiger partial charge in [0.1, 0.15) is 0 Å². The Kier molecular flexibility index (Phi) is 3.50. The number of likely N-dealkylation sites (tertiary alicyclic amines) is 1. The smallest absolute Gasteiger partial charge is 0.226 e. The van der Waals surface area contributed by atoms with E-state index in [1.54, 1.807) is 0 Å². The molecule has 2 saturated heterocycles. The number of piperidine rings is 1. The van der Waals surface area contributed by atoms with Gasteiger partial charge < -0.3 is 9.15 Å². The largest absolute Gasteiger partial charge is 0.425 e. The highest BCUT2D eigenvalue weighted by Crippen LogP contribution is 2.44. The number of hydrogen-bond acceptors (Lipinski definition) is 5. The summed E-state index contributed by atoms with van der Waals surface area (Å²) in [6.45, 7) is 4.89. The molecule has 1 aromatic heterocycles. The van der Waals surface area contributed by atoms with Gasteiger partial charge in [-0.15, -0.1) is 10.2 Å². The second-order valence-corrected chi connectivity index (χ2v) is 6.94. The molecule has 0 unspecified atom stereocenters. The van der Waals surface area contributed by atoms with Crippen LogP contribution in [0.5, 0.6) is 0 Å². The predicted octanol–water partition coefficient (Wildman–Crippen LogP) is 2.44. The van der Waals surface area contributed by atoms with E-state index in [0.29, 0.717) is 5.89 Å². The maximum absolute atomic E-state index is 6.01. The molecular weight excluding hydrogens is 266 g/mol. The summed E-state index contributed by atoms with van der Waals surface area (Å²) in [4.78, 5) is 2.68. The van der Waals surface area contributed by atoms with Crippen LogP contribution >= 0.6 is 0 Å². The van der Waals surface area contributed by atoms with Gasteiger partial charge in [0.2, 0.25) is 11.8 Å². The number of aromatic nitrogens is 2. The van der Waals surface area contributed by atoms with Crippen LogP contribution in [0.1, 0.15) is 56.7 Å². The normalized spacial score (nSPS) is 35.0. The van der Waals surface area contributed by atoms with Crippen molar-refractivity contribution in [3.8, 4) is 0 Å². The van der Waals surface area contributed by atoms with Gasteiger partial charge in [0.15, 0.2) is 0 Å². The molecule has 0 aromatic carbocycles. The van der Waals surface area contributed by atoms with Crippen LogP contribution in [0.3, 0.4) is 0 Å². The zero-order chi connectivity index (χ0) is 14.3. The summed E-state index contributed by atoms with van der Waals surface area (Å²) in [6.07, 6.45) is 9.25. The van der Waals surface area contributed by atoms with Crippen molar-refractivity contribution >= 4 is 0 Å². The highest BCUT2D eigenvalue weighted by Gasteiger charge is 2.53. The first-order valence-corrected chi connectivity index (χ1v) is 8.44. The Morgan fingerprint density at radius 3 is 2.76 bits per heavy atom. The van der Waals surface area contributed by atoms with E-state index in [-0.39, 0.29) is 11.5 Å². The highest BCUT2D eigenvalue weighted by atomic mass is 16.5. The third-order valence-corrected chi connectivity index (χ3v) is 5.69. The summed E-state index contributed by atoms with van der Waals surface area (Å²) >= 11 is 0. The van der Waals surface area contributed by atoms with Crippen molar-refractivity contribution in [2.24, 2.45) is 0 Å². The third kappa shape index (κ3) is 2.30. The summed E-state index contributed by atoms with van der Waals surface area (Å²) in [5, 5.41) is 8.42. The molecule has 2 aliphatic heterocycles. The Labute approximate surface area is 126 Å². The quantitative estimate of drug-likeness (QED) is 0.837. The lowest BCUT2D eigenvalue weighted by molar-refractivity contribution is -0.0110. The molecule has 3 aliphatic rings. The van der Waals surface area contributed by atoms with Gasteiger partial charge in [-0.2, -0.15) is 0 Å². The van der Waals surface area contributed by atoms with Gasteiger partial charge in [-0.3, -0.25) is 4.90 Å². The van der Waals surface area contributed by atoms with Crippen molar-refractivity contribution in [1.29, 1.82) is 0 Å². The lowest BCUT2D eigenvalue weighted by atomic mass is 9.75. The first kappa shape index (κ1) is 13.7. The van der Waals surface area contributed by atoms with Crippen LogP contribution in [0.2, 0.25) is 0 Å². The minimum Gasteiger partial charge on any atom is -0.425 e. The van der Waals surface area contributed by atoms with Crippen LogP contribution in [-0.4, -0.2) is 46.9 Å². The number of rotatable bonds is 2. The molecule has 1 aliphatic carbocycles. The lowest BCUT2D eigenvalue weighted by Gasteiger charge is -2.45. The number of ether oxygens (including phenoxy) is 1. The van der Waals surface area contributed by atoms with E-state index >= 15 is 0 Å². The minimum absolute atomic E-state index is 0.0586. The first-order valence-electron chi connectivity index (χ1n) is 8.44. The van der Waals surface area contributed by atoms with Crippen molar-refractivity contribution in [1.82, 2.24) is 15.1 Å². The van der Waals surface area contributed by atoms with Gasteiger partial charge in [0.25, 0.3) is 0 Å². The van der Waals surface area contributed by atoms with E-state index in [0.717, 1.165) is 44.5 Å². The van der Waals surface area contributed by atoms with Crippen molar-refractivity contribution < 1.29 is 9.15 Å². The Bertz CT molecular complexity index is 497. The molecular formula is C16H25N3O2. The van der Waals surface area contributed by atoms with Crippen molar-refractivity contribution in [2.75, 3.05) is 19.7 Å². The summed E-state index contributed by atoms with van der Waals surface area (Å²) in [7, 11) is 0. The average molecular weight is 291 g/mol. The standard InChI is InChI=1S/C16H25N3O2/c1-12-17-18-15(21-12)16-8-10-20-14(16)7-9-19(11-16)13-5-3-2-4-6-13/h13-14H,2-11H2,1H3/t14-,16-/m1/s1. The average Bonchev–Trinajstić information content (AvgIpc) is 3.14. The zero-order valence-corrected chi connectivity index (χ0v) is 12.9. The van der Waals surface area contributed by atoms with E-state index in [4.69, 9.17) is 9.15 Å². The molecule has 5 nitrogen and oxygen atoms in total. The molecule has 2 atom stereocenters. The van der Waals surface area contributed by atoms with Crippen LogP contribution in [0.4, 0.5) is 0 Å². The number of hydrogen-bond donors (Lipinski definition) is 0. The fraction of sp³-hybridized carbons (Fsp3) is 0.875. The summed E-state index contributed by atoms with van der Waals surface area (Å²) in [5.74, 6) is 1.47. The van der Waals surface area contributed by atoms with Gasteiger partial charge in [0.05, 0.1) is 11.5 Å². The molecule has 0 N–H and O–H groups in total. The van der Waals surface area contributed by atoms with E-state index in [1.807, 2.05) is 6.92 Å². The fourth-order valence-corrected chi connectivity index (χ4v) is 4.54. The molecule has 0 radical (unpaired) electrons. The highest BCUT2D eigenvalue weighted by molar-refractivity contribution is 5.15. The lowest BCUT2D eigenvalue weighted by Crippen LogP contribution is -2.55. The summed E-state index contributed by atoms with van der Waals surface area (Å²) in [6, 6.07) is 0.751. The van der Waals surface area contributed by atoms with E-state index in [2.05, 4.69) is 15.1 Å². The molecule has 0 bridgehead atoms. The minimum atomic E-state index is -0.0586. The van der Waals surface area contributed by atoms with Crippen LogP contribution < -0.4 is 0 Å². The Morgan fingerprint density at radius 2 is 2.00 bits per heavy atom. The summed E-state index contributed by atoms with van der Waals surface area (Å²) in [5.41, 5.74) is -0.0586. The second-order valence-electron chi connectivity index (χ2n) is 6.94. The van der Waals surface area contributed by atoms with Crippen molar-refractivity contribution in [3.63, 3.8) is 0 Å². The van der Waals surface area contributed by atoms with Crippen LogP contribution in [-0.2, 0) is 10.2 Å². The van der Waals surface area contributed by atoms with Crippen LogP contribution in [0.25, 0.3) is 0 Å². The van der Waals surface area contributed by atoms with Gasteiger partial charge in [-0.05, 0) is 25.7 Å². The van der Waals surface area contributed by atoms with Crippen LogP contribution in [0, 0.1) is 6.92 Å². The van der Waals surface area contributed by atoms with E-state index in [9.17, 15) is 0 Å². The van der Waals surface area contributed by atoms with Gasteiger partial charge in [-0.25, -0.2) is 0 Å². The maximum Gasteiger partial charge on any atom is 0.226 e. The molecule has 0 amide bonds. The number of fused-ring (bicyclic) bond motifs is 1. The molecule has 1 aromatic rings. The topological polar surface area (TPSA) is 51.4 Å². The Morgan fingerprint density at radius 1 is 1.14 bits per heavy atom. The van der Waals surface area contributed by atoms with Crippen molar-refractivity contribution in [2.45, 2.75) is 69.4 Å². The maximum atomic E-state index is 6.01. The first-order chi connectivity index (χ1) is 10.3. The van der Waals surface area contributed by atoms with E-state index in [1.165, 1.54) is 32.1 Å². The zero-order valence-electron chi connectivity index (χ0n) is 12.9. The fourth-order valence-electron chi connectivity index (χ4n) is 4.54.